The quantitative estimate of drug-likeness (QED) is 0.398. The number of hydrogen-bond donors (Lipinski definition) is 1. The number of nitrogens with one attached hydrogen (secondary N) is 1. The molecule has 6 heteroatoms. The second kappa shape index (κ2) is 10.7. The van der Waals surface area contributed by atoms with Crippen LogP contribution in [0.2, 0.25) is 0 Å². The Morgan fingerprint density at radius 1 is 1.41 bits per heavy atom. The summed E-state index contributed by atoms with van der Waals surface area (Å²) in [5, 5.41) is 2.69. The molecule has 0 saturated heterocycles. The molecule has 0 rings (SSSR count). The standard InChI is InChI=1S/C11H20ClNO3S/c1-16-11(15)9(6-8-17-2)13-10(14)5-3-4-7-12/h9H,3-8H2,1-2H3,(H,13,14). The predicted octanol–water partition coefficient (Wildman–Crippen LogP) is 1.81. The number of methoxy groups -OCH3 is 1. The molecule has 0 spiro atoms. The molecule has 100 valence electrons. The zero-order valence-electron chi connectivity index (χ0n) is 10.3. The molecule has 0 aliphatic heterocycles. The van der Waals surface area contributed by atoms with Gasteiger partial charge < -0.3 is 10.1 Å². The van der Waals surface area contributed by atoms with Crippen LogP contribution in [0.15, 0.2) is 0 Å². The highest BCUT2D eigenvalue weighted by atomic mass is 35.5. The van der Waals surface area contributed by atoms with Crippen LogP contribution in [0.25, 0.3) is 0 Å². The molecular formula is C11H20ClNO3S. The molecule has 1 atom stereocenters. The zero-order valence-corrected chi connectivity index (χ0v) is 11.9. The van der Waals surface area contributed by atoms with Gasteiger partial charge in [0.15, 0.2) is 0 Å². The van der Waals surface area contributed by atoms with Crippen molar-refractivity contribution in [2.24, 2.45) is 0 Å². The largest absolute Gasteiger partial charge is 0.467 e. The number of carbonyl (C=O) groups is 2. The SMILES string of the molecule is COC(=O)C(CCSC)NC(=O)CCCCCl. The number of alkyl halides is 1. The molecule has 0 aromatic rings. The van der Waals surface area contributed by atoms with E-state index in [0.29, 0.717) is 18.7 Å². The fourth-order valence-electron chi connectivity index (χ4n) is 1.27. The minimum atomic E-state index is -0.532. The van der Waals surface area contributed by atoms with Gasteiger partial charge in [0.05, 0.1) is 7.11 Å². The summed E-state index contributed by atoms with van der Waals surface area (Å²) >= 11 is 7.15. The predicted molar refractivity (Wildman–Crippen MR) is 71.5 cm³/mol. The highest BCUT2D eigenvalue weighted by Gasteiger charge is 2.20. The van der Waals surface area contributed by atoms with E-state index < -0.39 is 6.04 Å². The van der Waals surface area contributed by atoms with E-state index in [1.807, 2.05) is 6.26 Å². The molecule has 1 N–H and O–H groups in total. The molecule has 0 aliphatic rings. The molecule has 0 radical (unpaired) electrons. The molecule has 1 unspecified atom stereocenters. The van der Waals surface area contributed by atoms with Gasteiger partial charge in [-0.1, -0.05) is 0 Å². The summed E-state index contributed by atoms with van der Waals surface area (Å²) in [6.45, 7) is 0. The van der Waals surface area contributed by atoms with Gasteiger partial charge in [-0.2, -0.15) is 11.8 Å². The van der Waals surface area contributed by atoms with Crippen LogP contribution in [-0.4, -0.2) is 42.9 Å². The fourth-order valence-corrected chi connectivity index (χ4v) is 1.93. The van der Waals surface area contributed by atoms with Crippen molar-refractivity contribution in [3.63, 3.8) is 0 Å². The first kappa shape index (κ1) is 16.6. The Hall–Kier alpha value is -0.420. The van der Waals surface area contributed by atoms with Crippen LogP contribution in [0.3, 0.4) is 0 Å². The summed E-state index contributed by atoms with van der Waals surface area (Å²) in [6.07, 6.45) is 4.50. The second-order valence-corrected chi connectivity index (χ2v) is 4.93. The Bertz CT molecular complexity index is 239. The molecule has 1 amide bonds. The van der Waals surface area contributed by atoms with E-state index in [1.165, 1.54) is 7.11 Å². The van der Waals surface area contributed by atoms with Crippen molar-refractivity contribution in [3.05, 3.63) is 0 Å². The van der Waals surface area contributed by atoms with Crippen molar-refractivity contribution in [3.8, 4) is 0 Å². The maximum atomic E-state index is 11.5. The molecule has 0 aliphatic carbocycles. The van der Waals surface area contributed by atoms with Crippen molar-refractivity contribution >= 4 is 35.2 Å². The lowest BCUT2D eigenvalue weighted by Gasteiger charge is -2.15. The Balaban J connectivity index is 4.03. The van der Waals surface area contributed by atoms with Gasteiger partial charge in [-0.05, 0) is 31.3 Å². The number of hydrogen-bond acceptors (Lipinski definition) is 4. The first-order chi connectivity index (χ1) is 8.15. The second-order valence-electron chi connectivity index (χ2n) is 3.57. The normalized spacial score (nSPS) is 11.9. The third kappa shape index (κ3) is 8.32. The lowest BCUT2D eigenvalue weighted by Crippen LogP contribution is -2.41. The average Bonchev–Trinajstić information content (AvgIpc) is 2.33. The van der Waals surface area contributed by atoms with Crippen molar-refractivity contribution in [2.75, 3.05) is 25.0 Å². The van der Waals surface area contributed by atoms with Crippen LogP contribution in [0.1, 0.15) is 25.7 Å². The molecule has 0 aromatic carbocycles. The van der Waals surface area contributed by atoms with E-state index in [1.54, 1.807) is 11.8 Å². The van der Waals surface area contributed by atoms with Crippen molar-refractivity contribution in [2.45, 2.75) is 31.7 Å². The van der Waals surface area contributed by atoms with E-state index in [4.69, 9.17) is 11.6 Å². The van der Waals surface area contributed by atoms with Crippen LogP contribution >= 0.6 is 23.4 Å². The Labute approximate surface area is 112 Å². The molecule has 0 fully saturated rings. The summed E-state index contributed by atoms with van der Waals surface area (Å²) in [7, 11) is 1.33. The zero-order chi connectivity index (χ0) is 13.1. The van der Waals surface area contributed by atoms with Crippen molar-refractivity contribution in [1.29, 1.82) is 0 Å². The van der Waals surface area contributed by atoms with Gasteiger partial charge in [0.2, 0.25) is 5.91 Å². The molecule has 0 heterocycles. The molecule has 4 nitrogen and oxygen atoms in total. The topological polar surface area (TPSA) is 55.4 Å². The average molecular weight is 282 g/mol. The molecule has 0 bridgehead atoms. The highest BCUT2D eigenvalue weighted by Crippen LogP contribution is 2.04. The molecule has 17 heavy (non-hydrogen) atoms. The maximum absolute atomic E-state index is 11.5. The number of amides is 1. The number of unbranched alkanes of at least 4 members (excludes halogenated alkanes) is 1. The Morgan fingerprint density at radius 2 is 2.12 bits per heavy atom. The summed E-state index contributed by atoms with van der Waals surface area (Å²) in [4.78, 5) is 23.0. The third-order valence-corrected chi connectivity index (χ3v) is 3.13. The van der Waals surface area contributed by atoms with Gasteiger partial charge in [0.1, 0.15) is 6.04 Å². The van der Waals surface area contributed by atoms with Gasteiger partial charge in [-0.25, -0.2) is 4.79 Å². The van der Waals surface area contributed by atoms with Gasteiger partial charge >= 0.3 is 5.97 Å². The number of carbonyl (C=O) groups excluding carboxylic acids is 2. The first-order valence-electron chi connectivity index (χ1n) is 5.57. The molecule has 0 saturated carbocycles. The van der Waals surface area contributed by atoms with Crippen molar-refractivity contribution < 1.29 is 14.3 Å². The maximum Gasteiger partial charge on any atom is 0.328 e. The van der Waals surface area contributed by atoms with E-state index in [0.717, 1.165) is 18.6 Å². The fraction of sp³-hybridized carbons (Fsp3) is 0.818. The van der Waals surface area contributed by atoms with Crippen LogP contribution in [0.4, 0.5) is 0 Å². The minimum absolute atomic E-state index is 0.119. The number of ether oxygens (including phenoxy) is 1. The van der Waals surface area contributed by atoms with Crippen LogP contribution in [-0.2, 0) is 14.3 Å². The van der Waals surface area contributed by atoms with E-state index in [9.17, 15) is 9.59 Å². The van der Waals surface area contributed by atoms with Crippen molar-refractivity contribution in [1.82, 2.24) is 5.32 Å². The lowest BCUT2D eigenvalue weighted by molar-refractivity contribution is -0.145. The van der Waals surface area contributed by atoms with Crippen LogP contribution in [0.5, 0.6) is 0 Å². The smallest absolute Gasteiger partial charge is 0.328 e. The third-order valence-electron chi connectivity index (χ3n) is 2.22. The number of esters is 1. The highest BCUT2D eigenvalue weighted by molar-refractivity contribution is 7.98. The number of thioether (sulfide) groups is 1. The first-order valence-corrected chi connectivity index (χ1v) is 7.50. The van der Waals surface area contributed by atoms with E-state index in [2.05, 4.69) is 10.1 Å². The van der Waals surface area contributed by atoms with Gasteiger partial charge in [-0.3, -0.25) is 4.79 Å². The van der Waals surface area contributed by atoms with Gasteiger partial charge in [0.25, 0.3) is 0 Å². The summed E-state index contributed by atoms with van der Waals surface area (Å²) in [6, 6.07) is -0.532. The molecular weight excluding hydrogens is 262 g/mol. The van der Waals surface area contributed by atoms with Gasteiger partial charge in [0, 0.05) is 12.3 Å². The summed E-state index contributed by atoms with van der Waals surface area (Å²) < 4.78 is 4.65. The van der Waals surface area contributed by atoms with Crippen LogP contribution in [0, 0.1) is 0 Å². The number of rotatable bonds is 9. The minimum Gasteiger partial charge on any atom is -0.467 e. The van der Waals surface area contributed by atoms with E-state index in [-0.39, 0.29) is 11.9 Å². The lowest BCUT2D eigenvalue weighted by atomic mass is 10.2. The number of halogens is 1. The monoisotopic (exact) mass is 281 g/mol. The molecule has 0 aromatic heterocycles. The van der Waals surface area contributed by atoms with E-state index >= 15 is 0 Å². The van der Waals surface area contributed by atoms with Gasteiger partial charge in [-0.15, -0.1) is 11.6 Å². The Kier molecular flexibility index (Phi) is 10.5. The summed E-state index contributed by atoms with van der Waals surface area (Å²) in [5.41, 5.74) is 0. The Morgan fingerprint density at radius 3 is 2.65 bits per heavy atom. The van der Waals surface area contributed by atoms with Crippen LogP contribution < -0.4 is 5.32 Å². The summed E-state index contributed by atoms with van der Waals surface area (Å²) in [5.74, 6) is 0.860.